The molecule has 1 aromatic carbocycles. The van der Waals surface area contributed by atoms with E-state index in [-0.39, 0.29) is 24.0 Å². The van der Waals surface area contributed by atoms with E-state index < -0.39 is 17.2 Å². The highest BCUT2D eigenvalue weighted by Gasteiger charge is 2.31. The van der Waals surface area contributed by atoms with Crippen molar-refractivity contribution in [1.29, 1.82) is 0 Å². The number of rotatable bonds is 2. The predicted molar refractivity (Wildman–Crippen MR) is 97.7 cm³/mol. The molecule has 1 amide bonds. The molecule has 1 aromatic heterocycles. The largest absolute Gasteiger partial charge is 0.329 e. The molecule has 2 heterocycles. The van der Waals surface area contributed by atoms with Gasteiger partial charge in [0.25, 0.3) is 11.5 Å². The number of H-pyrrole nitrogens is 1. The molecule has 1 unspecified atom stereocenters. The maximum atomic E-state index is 12.9. The minimum atomic E-state index is -0.611. The van der Waals surface area contributed by atoms with E-state index in [1.807, 2.05) is 18.2 Å². The number of halogens is 2. The van der Waals surface area contributed by atoms with Gasteiger partial charge in [-0.25, -0.2) is 4.79 Å². The highest BCUT2D eigenvalue weighted by molar-refractivity contribution is 6.31. The molecule has 0 radical (unpaired) electrons. The SMILES string of the molecule is Cl.Cn1c(=O)[nH]cc(C(=O)N2CCNCC2c2ccccc2Cl)c1=O. The number of nitrogens with zero attached hydrogens (tertiary/aromatic N) is 2. The van der Waals surface area contributed by atoms with Crippen molar-refractivity contribution < 1.29 is 4.79 Å². The smallest absolute Gasteiger partial charge is 0.328 e. The topological polar surface area (TPSA) is 87.2 Å². The molecule has 1 aliphatic heterocycles. The first-order valence-electron chi connectivity index (χ1n) is 7.55. The molecule has 7 nitrogen and oxygen atoms in total. The first-order chi connectivity index (χ1) is 11.5. The monoisotopic (exact) mass is 384 g/mol. The third kappa shape index (κ3) is 3.63. The average molecular weight is 385 g/mol. The Morgan fingerprint density at radius 1 is 1.28 bits per heavy atom. The van der Waals surface area contributed by atoms with Gasteiger partial charge in [0.15, 0.2) is 0 Å². The van der Waals surface area contributed by atoms with Gasteiger partial charge in [-0.15, -0.1) is 12.4 Å². The molecule has 134 valence electrons. The van der Waals surface area contributed by atoms with Crippen LogP contribution in [-0.2, 0) is 7.05 Å². The van der Waals surface area contributed by atoms with Crippen molar-refractivity contribution in [3.63, 3.8) is 0 Å². The predicted octanol–water partition coefficient (Wildman–Crippen LogP) is 0.935. The Morgan fingerprint density at radius 2 is 2.00 bits per heavy atom. The molecule has 1 aliphatic rings. The lowest BCUT2D eigenvalue weighted by molar-refractivity contribution is 0.0631. The zero-order chi connectivity index (χ0) is 17.3. The number of aromatic amines is 1. The Balaban J connectivity index is 0.00000225. The van der Waals surface area contributed by atoms with Gasteiger partial charge in [-0.1, -0.05) is 29.8 Å². The van der Waals surface area contributed by atoms with E-state index in [1.54, 1.807) is 11.0 Å². The van der Waals surface area contributed by atoms with Crippen molar-refractivity contribution >= 4 is 29.9 Å². The van der Waals surface area contributed by atoms with Gasteiger partial charge in [-0.05, 0) is 11.6 Å². The van der Waals surface area contributed by atoms with Crippen molar-refractivity contribution in [3.8, 4) is 0 Å². The molecular formula is C16H18Cl2N4O3. The Labute approximate surface area is 155 Å². The number of carbonyl (C=O) groups excluding carboxylic acids is 1. The summed E-state index contributed by atoms with van der Waals surface area (Å²) in [6.45, 7) is 1.60. The van der Waals surface area contributed by atoms with Gasteiger partial charge in [-0.3, -0.25) is 14.2 Å². The van der Waals surface area contributed by atoms with Crippen LogP contribution in [0, 0.1) is 0 Å². The van der Waals surface area contributed by atoms with Gasteiger partial charge in [-0.2, -0.15) is 0 Å². The van der Waals surface area contributed by atoms with Gasteiger partial charge >= 0.3 is 5.69 Å². The summed E-state index contributed by atoms with van der Waals surface area (Å²) in [5, 5.41) is 3.81. The molecule has 1 atom stereocenters. The second kappa shape index (κ2) is 7.86. The molecule has 0 aliphatic carbocycles. The van der Waals surface area contributed by atoms with E-state index in [0.29, 0.717) is 24.7 Å². The average Bonchev–Trinajstić information content (AvgIpc) is 2.60. The van der Waals surface area contributed by atoms with Crippen molar-refractivity contribution in [1.82, 2.24) is 19.8 Å². The van der Waals surface area contributed by atoms with Crippen LogP contribution in [0.3, 0.4) is 0 Å². The van der Waals surface area contributed by atoms with Gasteiger partial charge in [0.05, 0.1) is 6.04 Å². The number of carbonyl (C=O) groups is 1. The van der Waals surface area contributed by atoms with Crippen LogP contribution in [0.1, 0.15) is 22.0 Å². The van der Waals surface area contributed by atoms with E-state index in [2.05, 4.69) is 10.3 Å². The number of hydrogen-bond donors (Lipinski definition) is 2. The second-order valence-electron chi connectivity index (χ2n) is 5.61. The second-order valence-corrected chi connectivity index (χ2v) is 6.02. The van der Waals surface area contributed by atoms with Crippen molar-refractivity contribution in [2.45, 2.75) is 6.04 Å². The number of aromatic nitrogens is 2. The third-order valence-electron chi connectivity index (χ3n) is 4.18. The third-order valence-corrected chi connectivity index (χ3v) is 4.52. The van der Waals surface area contributed by atoms with Crippen molar-refractivity contribution in [2.24, 2.45) is 7.05 Å². The highest BCUT2D eigenvalue weighted by atomic mass is 35.5. The molecule has 25 heavy (non-hydrogen) atoms. The quantitative estimate of drug-likeness (QED) is 0.806. The minimum absolute atomic E-state index is 0. The van der Waals surface area contributed by atoms with Crippen LogP contribution < -0.4 is 16.6 Å². The van der Waals surface area contributed by atoms with Crippen LogP contribution in [0.2, 0.25) is 5.02 Å². The molecule has 1 saturated heterocycles. The van der Waals surface area contributed by atoms with Crippen LogP contribution in [0.4, 0.5) is 0 Å². The highest BCUT2D eigenvalue weighted by Crippen LogP contribution is 2.29. The summed E-state index contributed by atoms with van der Waals surface area (Å²) in [6.07, 6.45) is 1.18. The Hall–Kier alpha value is -2.09. The number of benzene rings is 1. The summed E-state index contributed by atoms with van der Waals surface area (Å²) in [6, 6.07) is 7.04. The van der Waals surface area contributed by atoms with Gasteiger partial charge in [0.2, 0.25) is 0 Å². The molecule has 2 N–H and O–H groups in total. The van der Waals surface area contributed by atoms with Gasteiger partial charge in [0.1, 0.15) is 5.56 Å². The van der Waals surface area contributed by atoms with E-state index in [1.165, 1.54) is 13.2 Å². The van der Waals surface area contributed by atoms with E-state index in [9.17, 15) is 14.4 Å². The normalized spacial score (nSPS) is 17.0. The summed E-state index contributed by atoms with van der Waals surface area (Å²) < 4.78 is 0.889. The maximum absolute atomic E-state index is 12.9. The van der Waals surface area contributed by atoms with E-state index in [4.69, 9.17) is 11.6 Å². The van der Waals surface area contributed by atoms with Crippen molar-refractivity contribution in [3.05, 3.63) is 67.4 Å². The van der Waals surface area contributed by atoms with Gasteiger partial charge in [0, 0.05) is 37.9 Å². The zero-order valence-electron chi connectivity index (χ0n) is 13.5. The summed E-state index contributed by atoms with van der Waals surface area (Å²) >= 11 is 6.27. The Morgan fingerprint density at radius 3 is 2.72 bits per heavy atom. The first kappa shape index (κ1) is 19.2. The lowest BCUT2D eigenvalue weighted by Crippen LogP contribution is -2.50. The standard InChI is InChI=1S/C16H17ClN4O3.ClH/c1-20-14(22)11(8-19-16(20)24)15(23)21-7-6-18-9-13(21)10-4-2-3-5-12(10)17;/h2-5,8,13,18H,6-7,9H2,1H3,(H,19,24);1H. The van der Waals surface area contributed by atoms with E-state index in [0.717, 1.165) is 10.1 Å². The summed E-state index contributed by atoms with van der Waals surface area (Å²) in [4.78, 5) is 40.6. The number of hydrogen-bond acceptors (Lipinski definition) is 4. The molecule has 0 saturated carbocycles. The minimum Gasteiger partial charge on any atom is -0.329 e. The molecule has 3 rings (SSSR count). The lowest BCUT2D eigenvalue weighted by atomic mass is 10.0. The molecule has 1 fully saturated rings. The van der Waals surface area contributed by atoms with Crippen LogP contribution in [0.5, 0.6) is 0 Å². The molecule has 0 spiro atoms. The Bertz CT molecular complexity index is 893. The van der Waals surface area contributed by atoms with Gasteiger partial charge < -0.3 is 15.2 Å². The van der Waals surface area contributed by atoms with Crippen LogP contribution in [0.15, 0.2) is 40.1 Å². The van der Waals surface area contributed by atoms with E-state index >= 15 is 0 Å². The fourth-order valence-electron chi connectivity index (χ4n) is 2.84. The van der Waals surface area contributed by atoms with Crippen molar-refractivity contribution in [2.75, 3.05) is 19.6 Å². The lowest BCUT2D eigenvalue weighted by Gasteiger charge is -2.36. The summed E-state index contributed by atoms with van der Waals surface area (Å²) in [5.41, 5.74) is -0.406. The molecule has 0 bridgehead atoms. The Kier molecular flexibility index (Phi) is 6.05. The fourth-order valence-corrected chi connectivity index (χ4v) is 3.11. The molecular weight excluding hydrogens is 367 g/mol. The molecule has 2 aromatic rings. The van der Waals surface area contributed by atoms with Crippen LogP contribution in [-0.4, -0.2) is 40.0 Å². The molecule has 9 heteroatoms. The summed E-state index contributed by atoms with van der Waals surface area (Å²) in [7, 11) is 1.33. The number of piperazine rings is 1. The van der Waals surface area contributed by atoms with Crippen LogP contribution >= 0.6 is 24.0 Å². The maximum Gasteiger partial charge on any atom is 0.328 e. The first-order valence-corrected chi connectivity index (χ1v) is 7.93. The number of nitrogens with one attached hydrogen (secondary N) is 2. The number of amides is 1. The fraction of sp³-hybridized carbons (Fsp3) is 0.312. The zero-order valence-corrected chi connectivity index (χ0v) is 15.1. The van der Waals surface area contributed by atoms with Crippen LogP contribution in [0.25, 0.3) is 0 Å². The summed E-state index contributed by atoms with van der Waals surface area (Å²) in [5.74, 6) is -0.418.